The van der Waals surface area contributed by atoms with Crippen LogP contribution in [0, 0.1) is 6.92 Å². The minimum absolute atomic E-state index is 0.0392. The summed E-state index contributed by atoms with van der Waals surface area (Å²) in [5.74, 6) is -1.99. The number of carbonyl (C=O) groups is 3. The van der Waals surface area contributed by atoms with E-state index in [4.69, 9.17) is 14.2 Å². The first-order valence-electron chi connectivity index (χ1n) is 11.3. The fourth-order valence-corrected chi connectivity index (χ4v) is 8.02. The van der Waals surface area contributed by atoms with Gasteiger partial charge in [0, 0.05) is 5.56 Å². The Balaban J connectivity index is 1.94. The first-order valence-corrected chi connectivity index (χ1v) is 12.7. The number of aryl methyl sites for hydroxylation is 1. The molecular formula is C25H26N2O8S. The molecule has 5 rings (SSSR count). The Morgan fingerprint density at radius 1 is 0.972 bits per heavy atom. The number of rotatable bonds is 2. The third-order valence-corrected chi connectivity index (χ3v) is 8.87. The number of amides is 1. The van der Waals surface area contributed by atoms with E-state index in [1.54, 1.807) is 58.0 Å². The number of sulfonamides is 1. The fourth-order valence-electron chi connectivity index (χ4n) is 5.87. The van der Waals surface area contributed by atoms with Gasteiger partial charge in [-0.1, -0.05) is 35.9 Å². The van der Waals surface area contributed by atoms with Crippen LogP contribution in [0.1, 0.15) is 43.5 Å². The number of para-hydroxylation sites is 1. The minimum Gasteiger partial charge on any atom is -0.467 e. The molecule has 1 amide bonds. The summed E-state index contributed by atoms with van der Waals surface area (Å²) in [7, 11) is -2.06. The van der Waals surface area contributed by atoms with Gasteiger partial charge in [-0.3, -0.25) is 4.90 Å². The molecule has 0 bridgehead atoms. The number of anilines is 1. The van der Waals surface area contributed by atoms with Crippen molar-refractivity contribution in [1.82, 2.24) is 4.31 Å². The summed E-state index contributed by atoms with van der Waals surface area (Å²) in [6.07, 6.45) is -0.927. The molecule has 1 fully saturated rings. The first-order chi connectivity index (χ1) is 16.8. The lowest BCUT2D eigenvalue weighted by Gasteiger charge is -2.62. The van der Waals surface area contributed by atoms with Crippen LogP contribution in [0.25, 0.3) is 0 Å². The normalized spacial score (nSPS) is 27.2. The van der Waals surface area contributed by atoms with Crippen molar-refractivity contribution in [3.63, 3.8) is 0 Å². The number of fused-ring (bicyclic) bond motifs is 8. The number of carbonyl (C=O) groups excluding carboxylic acids is 3. The van der Waals surface area contributed by atoms with Gasteiger partial charge in [-0.15, -0.1) is 0 Å². The Labute approximate surface area is 208 Å². The predicted molar refractivity (Wildman–Crippen MR) is 127 cm³/mol. The number of methoxy groups -OCH3 is 2. The number of ether oxygens (including phenoxy) is 3. The van der Waals surface area contributed by atoms with Gasteiger partial charge in [0.15, 0.2) is 5.54 Å². The van der Waals surface area contributed by atoms with Gasteiger partial charge in [-0.05, 0) is 45.4 Å². The molecule has 3 unspecified atom stereocenters. The second-order valence-corrected chi connectivity index (χ2v) is 11.8. The predicted octanol–water partition coefficient (Wildman–Crippen LogP) is 2.79. The summed E-state index contributed by atoms with van der Waals surface area (Å²) < 4.78 is 44.9. The Hall–Kier alpha value is -3.44. The zero-order valence-electron chi connectivity index (χ0n) is 20.7. The second-order valence-electron chi connectivity index (χ2n) is 10.0. The molecule has 0 aromatic heterocycles. The van der Waals surface area contributed by atoms with Gasteiger partial charge in [-0.25, -0.2) is 22.8 Å². The van der Waals surface area contributed by atoms with Crippen molar-refractivity contribution in [3.8, 4) is 0 Å². The average Bonchev–Trinajstić information content (AvgIpc) is 3.14. The maximum absolute atomic E-state index is 13.9. The Bertz CT molecular complexity index is 1450. The highest BCUT2D eigenvalue weighted by molar-refractivity contribution is 7.89. The summed E-state index contributed by atoms with van der Waals surface area (Å²) in [5, 5.41) is 0. The molecule has 2 aromatic rings. The van der Waals surface area contributed by atoms with Crippen LogP contribution >= 0.6 is 0 Å². The molecule has 0 aliphatic carbocycles. The SMILES string of the molecule is COC(=O)C12c3cc(C)ccc3S(=O)(=O)N1C1c3ccccc3N(C(=O)OC(C)(C)C)C12C(=O)OC. The zero-order chi connectivity index (χ0) is 26.4. The largest absolute Gasteiger partial charge is 0.467 e. The summed E-state index contributed by atoms with van der Waals surface area (Å²) >= 11 is 0. The molecule has 3 aliphatic heterocycles. The van der Waals surface area contributed by atoms with Gasteiger partial charge in [0.1, 0.15) is 5.60 Å². The molecule has 0 N–H and O–H groups in total. The van der Waals surface area contributed by atoms with E-state index < -0.39 is 50.8 Å². The summed E-state index contributed by atoms with van der Waals surface area (Å²) in [4.78, 5) is 42.5. The van der Waals surface area contributed by atoms with Gasteiger partial charge in [0.25, 0.3) is 0 Å². The van der Waals surface area contributed by atoms with Crippen LogP contribution in [-0.2, 0) is 39.4 Å². The lowest BCUT2D eigenvalue weighted by Crippen LogP contribution is -2.86. The standard InChI is InChI=1S/C25H26N2O8S/c1-14-11-12-18-16(13-14)24(20(28)33-5)25(21(29)34-6)19(27(24)36(18,31)32)15-9-7-8-10-17(15)26(25)22(30)35-23(2,3)4/h7-13,19H,1-6H3. The smallest absolute Gasteiger partial charge is 0.416 e. The highest BCUT2D eigenvalue weighted by atomic mass is 32.2. The van der Waals surface area contributed by atoms with Crippen LogP contribution < -0.4 is 4.90 Å². The average molecular weight is 515 g/mol. The Kier molecular flexibility index (Phi) is 4.92. The van der Waals surface area contributed by atoms with Crippen molar-refractivity contribution in [2.45, 2.75) is 55.3 Å². The number of nitrogens with zero attached hydrogens (tertiary/aromatic N) is 2. The van der Waals surface area contributed by atoms with E-state index in [0.29, 0.717) is 11.1 Å². The lowest BCUT2D eigenvalue weighted by molar-refractivity contribution is -0.194. The monoisotopic (exact) mass is 514 g/mol. The maximum atomic E-state index is 13.9. The molecular weight excluding hydrogens is 488 g/mol. The number of benzene rings is 2. The van der Waals surface area contributed by atoms with E-state index in [9.17, 15) is 22.8 Å². The van der Waals surface area contributed by atoms with Crippen LogP contribution in [-0.4, -0.2) is 56.1 Å². The van der Waals surface area contributed by atoms with Crippen LogP contribution in [0.4, 0.5) is 10.5 Å². The van der Waals surface area contributed by atoms with E-state index in [1.165, 1.54) is 12.1 Å². The molecule has 1 saturated heterocycles. The molecule has 3 aliphatic rings. The highest BCUT2D eigenvalue weighted by Crippen LogP contribution is 2.73. The van der Waals surface area contributed by atoms with Crippen molar-refractivity contribution in [1.29, 1.82) is 0 Å². The zero-order valence-corrected chi connectivity index (χ0v) is 21.5. The molecule has 10 nitrogen and oxygen atoms in total. The van der Waals surface area contributed by atoms with E-state index in [1.807, 2.05) is 0 Å². The van der Waals surface area contributed by atoms with Gasteiger partial charge in [0.05, 0.1) is 30.8 Å². The minimum atomic E-state index is -4.29. The first kappa shape index (κ1) is 24.3. The molecule has 0 radical (unpaired) electrons. The van der Waals surface area contributed by atoms with E-state index in [0.717, 1.165) is 23.4 Å². The van der Waals surface area contributed by atoms with Gasteiger partial charge in [0.2, 0.25) is 15.6 Å². The van der Waals surface area contributed by atoms with Crippen molar-refractivity contribution >= 4 is 33.7 Å². The van der Waals surface area contributed by atoms with Crippen molar-refractivity contribution in [2.75, 3.05) is 19.1 Å². The second kappa shape index (κ2) is 7.30. The molecule has 11 heteroatoms. The lowest BCUT2D eigenvalue weighted by atomic mass is 9.59. The number of esters is 2. The van der Waals surface area contributed by atoms with E-state index >= 15 is 0 Å². The van der Waals surface area contributed by atoms with Crippen molar-refractivity contribution < 1.29 is 37.0 Å². The van der Waals surface area contributed by atoms with E-state index in [2.05, 4.69) is 0 Å². The van der Waals surface area contributed by atoms with Crippen LogP contribution in [0.2, 0.25) is 0 Å². The Morgan fingerprint density at radius 2 is 1.61 bits per heavy atom. The van der Waals surface area contributed by atoms with Gasteiger partial charge >= 0.3 is 18.0 Å². The quantitative estimate of drug-likeness (QED) is 0.443. The van der Waals surface area contributed by atoms with E-state index in [-0.39, 0.29) is 16.1 Å². The van der Waals surface area contributed by atoms with Crippen LogP contribution in [0.3, 0.4) is 0 Å². The molecule has 36 heavy (non-hydrogen) atoms. The summed E-state index contributed by atoms with van der Waals surface area (Å²) in [6.45, 7) is 6.72. The third kappa shape index (κ3) is 2.54. The number of hydrogen-bond acceptors (Lipinski definition) is 8. The maximum Gasteiger partial charge on any atom is 0.416 e. The third-order valence-electron chi connectivity index (χ3n) is 6.95. The molecule has 2 aromatic carbocycles. The highest BCUT2D eigenvalue weighted by Gasteiger charge is 2.91. The summed E-state index contributed by atoms with van der Waals surface area (Å²) in [6, 6.07) is 9.78. The van der Waals surface area contributed by atoms with Crippen molar-refractivity contribution in [2.24, 2.45) is 0 Å². The topological polar surface area (TPSA) is 120 Å². The molecule has 0 saturated carbocycles. The van der Waals surface area contributed by atoms with Crippen LogP contribution in [0.5, 0.6) is 0 Å². The molecule has 3 atom stereocenters. The summed E-state index contributed by atoms with van der Waals surface area (Å²) in [5.41, 5.74) is -4.07. The number of hydrogen-bond donors (Lipinski definition) is 0. The Morgan fingerprint density at radius 3 is 2.22 bits per heavy atom. The fraction of sp³-hybridized carbons (Fsp3) is 0.400. The van der Waals surface area contributed by atoms with Crippen molar-refractivity contribution in [3.05, 3.63) is 59.2 Å². The van der Waals surface area contributed by atoms with Crippen LogP contribution in [0.15, 0.2) is 47.4 Å². The van der Waals surface area contributed by atoms with Gasteiger partial charge in [-0.2, -0.15) is 4.31 Å². The molecule has 190 valence electrons. The molecule has 0 spiro atoms. The van der Waals surface area contributed by atoms with Gasteiger partial charge < -0.3 is 14.2 Å². The molecule has 3 heterocycles.